The number of aromatic nitrogens is 2. The maximum atomic E-state index is 13.0. The number of nitrogens with zero attached hydrogens (tertiary/aromatic N) is 2. The molecule has 0 spiro atoms. The van der Waals surface area contributed by atoms with E-state index in [1.165, 1.54) is 17.7 Å². The van der Waals surface area contributed by atoms with Crippen LogP contribution in [0, 0.1) is 5.82 Å². The number of hydrogen-bond acceptors (Lipinski definition) is 3. The smallest absolute Gasteiger partial charge is 0.159 e. The summed E-state index contributed by atoms with van der Waals surface area (Å²) in [6.45, 7) is 0.713. The van der Waals surface area contributed by atoms with Crippen molar-refractivity contribution < 1.29 is 4.39 Å². The number of benzene rings is 2. The fourth-order valence-corrected chi connectivity index (χ4v) is 3.33. The monoisotopic (exact) mass is 333 g/mol. The molecule has 1 aromatic heterocycles. The highest BCUT2D eigenvalue weighted by Crippen LogP contribution is 2.29. The minimum absolute atomic E-state index is 0.200. The van der Waals surface area contributed by atoms with Crippen LogP contribution in [0.3, 0.4) is 0 Å². The maximum Gasteiger partial charge on any atom is 0.159 e. The van der Waals surface area contributed by atoms with E-state index in [4.69, 9.17) is 4.98 Å². The predicted molar refractivity (Wildman–Crippen MR) is 96.4 cm³/mol. The van der Waals surface area contributed by atoms with Gasteiger partial charge in [-0.3, -0.25) is 0 Å². The molecule has 1 atom stereocenters. The molecule has 3 aromatic rings. The first-order chi connectivity index (χ1) is 12.3. The van der Waals surface area contributed by atoms with Crippen molar-refractivity contribution in [2.75, 3.05) is 0 Å². The van der Waals surface area contributed by atoms with Gasteiger partial charge in [0.05, 0.1) is 0 Å². The lowest BCUT2D eigenvalue weighted by molar-refractivity contribution is 0.452. The molecule has 1 aliphatic carbocycles. The molecule has 1 unspecified atom stereocenters. The van der Waals surface area contributed by atoms with Crippen molar-refractivity contribution in [3.63, 3.8) is 0 Å². The highest BCUT2D eigenvalue weighted by atomic mass is 19.1. The molecule has 3 nitrogen and oxygen atoms in total. The quantitative estimate of drug-likeness (QED) is 0.766. The lowest BCUT2D eigenvalue weighted by atomic mass is 9.92. The lowest BCUT2D eigenvalue weighted by Gasteiger charge is -2.25. The van der Waals surface area contributed by atoms with E-state index in [1.54, 1.807) is 0 Å². The molecule has 0 fully saturated rings. The second kappa shape index (κ2) is 7.11. The third-order valence-electron chi connectivity index (χ3n) is 4.68. The first-order valence-corrected chi connectivity index (χ1v) is 8.68. The zero-order valence-corrected chi connectivity index (χ0v) is 14.0. The Bertz CT molecular complexity index is 847. The number of nitrogens with one attached hydrogen (secondary N) is 1. The van der Waals surface area contributed by atoms with E-state index in [9.17, 15) is 4.39 Å². The molecule has 0 saturated carbocycles. The average Bonchev–Trinajstić information content (AvgIpc) is 2.68. The fraction of sp³-hybridized carbons (Fsp3) is 0.238. The zero-order chi connectivity index (χ0) is 17.1. The molecule has 4 heteroatoms. The molecular formula is C21H20FN3. The molecule has 0 amide bonds. The summed E-state index contributed by atoms with van der Waals surface area (Å²) >= 11 is 0. The van der Waals surface area contributed by atoms with Crippen LogP contribution in [0.25, 0.3) is 11.4 Å². The summed E-state index contributed by atoms with van der Waals surface area (Å²) in [5.74, 6) is 0.590. The van der Waals surface area contributed by atoms with E-state index in [1.807, 2.05) is 48.7 Å². The topological polar surface area (TPSA) is 37.8 Å². The van der Waals surface area contributed by atoms with Crippen LogP contribution in [0.4, 0.5) is 4.39 Å². The summed E-state index contributed by atoms with van der Waals surface area (Å²) in [6, 6.07) is 17.0. The fourth-order valence-electron chi connectivity index (χ4n) is 3.33. The Hall–Kier alpha value is -2.59. The summed E-state index contributed by atoms with van der Waals surface area (Å²) in [5.41, 5.74) is 4.45. The Morgan fingerprint density at radius 2 is 1.84 bits per heavy atom. The first kappa shape index (κ1) is 15.9. The maximum absolute atomic E-state index is 13.0. The molecule has 126 valence electrons. The van der Waals surface area contributed by atoms with Gasteiger partial charge in [0, 0.05) is 35.6 Å². The highest BCUT2D eigenvalue weighted by Gasteiger charge is 2.22. The van der Waals surface area contributed by atoms with Crippen molar-refractivity contribution in [3.8, 4) is 11.4 Å². The molecule has 25 heavy (non-hydrogen) atoms. The summed E-state index contributed by atoms with van der Waals surface area (Å²) in [7, 11) is 0. The summed E-state index contributed by atoms with van der Waals surface area (Å²) in [4.78, 5) is 9.38. The van der Waals surface area contributed by atoms with Gasteiger partial charge in [-0.2, -0.15) is 0 Å². The van der Waals surface area contributed by atoms with Crippen LogP contribution < -0.4 is 5.32 Å². The van der Waals surface area contributed by atoms with Gasteiger partial charge < -0.3 is 5.32 Å². The number of aryl methyl sites for hydroxylation is 1. The van der Waals surface area contributed by atoms with Gasteiger partial charge in [-0.1, -0.05) is 42.5 Å². The normalized spacial score (nSPS) is 16.4. The van der Waals surface area contributed by atoms with E-state index in [2.05, 4.69) is 10.3 Å². The number of halogens is 1. The molecule has 0 radical (unpaired) electrons. The molecule has 0 aliphatic heterocycles. The second-order valence-corrected chi connectivity index (χ2v) is 6.41. The molecule has 4 rings (SSSR count). The SMILES string of the molecule is Fc1ccc(CNC2CCCc3nc(-c4ccccc4)ncc32)cc1. The van der Waals surface area contributed by atoms with Crippen LogP contribution in [-0.4, -0.2) is 9.97 Å². The van der Waals surface area contributed by atoms with Gasteiger partial charge >= 0.3 is 0 Å². The average molecular weight is 333 g/mol. The van der Waals surface area contributed by atoms with Crippen LogP contribution in [-0.2, 0) is 13.0 Å². The second-order valence-electron chi connectivity index (χ2n) is 6.41. The van der Waals surface area contributed by atoms with Gasteiger partial charge in [-0.15, -0.1) is 0 Å². The van der Waals surface area contributed by atoms with Gasteiger partial charge in [-0.05, 0) is 37.0 Å². The summed E-state index contributed by atoms with van der Waals surface area (Å²) in [5, 5.41) is 3.57. The van der Waals surface area contributed by atoms with Crippen LogP contribution in [0.5, 0.6) is 0 Å². The molecule has 1 aliphatic rings. The van der Waals surface area contributed by atoms with Crippen molar-refractivity contribution in [3.05, 3.63) is 83.4 Å². The van der Waals surface area contributed by atoms with Crippen LogP contribution in [0.2, 0.25) is 0 Å². The van der Waals surface area contributed by atoms with Gasteiger partial charge in [0.2, 0.25) is 0 Å². The number of fused-ring (bicyclic) bond motifs is 1. The van der Waals surface area contributed by atoms with Crippen LogP contribution >= 0.6 is 0 Å². The molecular weight excluding hydrogens is 313 g/mol. The lowest BCUT2D eigenvalue weighted by Crippen LogP contribution is -2.26. The molecule has 1 heterocycles. The van der Waals surface area contributed by atoms with Crippen molar-refractivity contribution in [1.82, 2.24) is 15.3 Å². The minimum atomic E-state index is -0.200. The standard InChI is InChI=1S/C21H20FN3/c22-17-11-9-15(10-12-17)13-23-19-7-4-8-20-18(19)14-24-21(25-20)16-5-2-1-3-6-16/h1-3,5-6,9-12,14,19,23H,4,7-8,13H2. The van der Waals surface area contributed by atoms with Gasteiger partial charge in [0.25, 0.3) is 0 Å². The third-order valence-corrected chi connectivity index (χ3v) is 4.68. The minimum Gasteiger partial charge on any atom is -0.306 e. The molecule has 2 aromatic carbocycles. The van der Waals surface area contributed by atoms with E-state index < -0.39 is 0 Å². The molecule has 0 bridgehead atoms. The summed E-state index contributed by atoms with van der Waals surface area (Å²) in [6.07, 6.45) is 5.14. The summed E-state index contributed by atoms with van der Waals surface area (Å²) < 4.78 is 13.0. The Morgan fingerprint density at radius 3 is 2.64 bits per heavy atom. The van der Waals surface area contributed by atoms with E-state index >= 15 is 0 Å². The van der Waals surface area contributed by atoms with Crippen molar-refractivity contribution in [2.24, 2.45) is 0 Å². The number of rotatable bonds is 4. The molecule has 1 N–H and O–H groups in total. The van der Waals surface area contributed by atoms with E-state index in [0.29, 0.717) is 6.54 Å². The van der Waals surface area contributed by atoms with E-state index in [0.717, 1.165) is 41.9 Å². The Kier molecular flexibility index (Phi) is 4.53. The third kappa shape index (κ3) is 3.59. The van der Waals surface area contributed by atoms with Gasteiger partial charge in [0.1, 0.15) is 5.82 Å². The Balaban J connectivity index is 1.52. The molecule has 0 saturated heterocycles. The highest BCUT2D eigenvalue weighted by molar-refractivity contribution is 5.55. The zero-order valence-electron chi connectivity index (χ0n) is 14.0. The van der Waals surface area contributed by atoms with Gasteiger partial charge in [0.15, 0.2) is 5.82 Å². The van der Waals surface area contributed by atoms with Crippen LogP contribution in [0.15, 0.2) is 60.8 Å². The van der Waals surface area contributed by atoms with Crippen LogP contribution in [0.1, 0.15) is 35.7 Å². The van der Waals surface area contributed by atoms with E-state index in [-0.39, 0.29) is 11.9 Å². The first-order valence-electron chi connectivity index (χ1n) is 8.68. The van der Waals surface area contributed by atoms with Crippen molar-refractivity contribution in [1.29, 1.82) is 0 Å². The Labute approximate surface area is 147 Å². The largest absolute Gasteiger partial charge is 0.306 e. The van der Waals surface area contributed by atoms with Crippen molar-refractivity contribution >= 4 is 0 Å². The number of hydrogen-bond donors (Lipinski definition) is 1. The van der Waals surface area contributed by atoms with Crippen molar-refractivity contribution in [2.45, 2.75) is 31.8 Å². The predicted octanol–water partition coefficient (Wildman–Crippen LogP) is 4.45. The van der Waals surface area contributed by atoms with Gasteiger partial charge in [-0.25, -0.2) is 14.4 Å². The Morgan fingerprint density at radius 1 is 1.04 bits per heavy atom.